The topological polar surface area (TPSA) is 46.0 Å². The van der Waals surface area contributed by atoms with E-state index in [4.69, 9.17) is 12.2 Å². The molecule has 0 unspecified atom stereocenters. The largest absolute Gasteiger partial charge is 0.351 e. The van der Waals surface area contributed by atoms with Gasteiger partial charge in [0.25, 0.3) is 0 Å². The Morgan fingerprint density at radius 1 is 0.875 bits per heavy atom. The van der Waals surface area contributed by atoms with Crippen LogP contribution in [-0.4, -0.2) is 19.6 Å². The van der Waals surface area contributed by atoms with Gasteiger partial charge in [0.1, 0.15) is 11.9 Å². The van der Waals surface area contributed by atoms with E-state index in [1.54, 1.807) is 0 Å². The number of hydrogen-bond donors (Lipinski definition) is 1. The molecule has 0 saturated carbocycles. The van der Waals surface area contributed by atoms with E-state index in [2.05, 4.69) is 93.3 Å². The SMILES string of the molecule is Cc1ccc(-n2cccc2[C@H]2[C@H](c3ccccn3)NC(=S)N2c2cc(C)cc(C)c2)nc1. The molecule has 1 aliphatic rings. The summed E-state index contributed by atoms with van der Waals surface area (Å²) in [6.45, 7) is 6.28. The lowest BCUT2D eigenvalue weighted by molar-refractivity contribution is 0.548. The predicted molar refractivity (Wildman–Crippen MR) is 132 cm³/mol. The van der Waals surface area contributed by atoms with Crippen LogP contribution in [0.4, 0.5) is 5.69 Å². The average Bonchev–Trinajstić information content (AvgIpc) is 3.38. The molecule has 1 N–H and O–H groups in total. The third-order valence-electron chi connectivity index (χ3n) is 5.81. The lowest BCUT2D eigenvalue weighted by Gasteiger charge is -2.29. The minimum absolute atomic E-state index is 0.0864. The molecule has 1 saturated heterocycles. The number of aryl methyl sites for hydroxylation is 3. The number of hydrogen-bond acceptors (Lipinski definition) is 3. The fourth-order valence-electron chi connectivity index (χ4n) is 4.47. The van der Waals surface area contributed by atoms with Gasteiger partial charge in [-0.15, -0.1) is 0 Å². The first kappa shape index (κ1) is 20.4. The number of benzene rings is 1. The van der Waals surface area contributed by atoms with Crippen LogP contribution in [0.15, 0.2) is 79.3 Å². The highest BCUT2D eigenvalue weighted by Gasteiger charge is 2.42. The van der Waals surface area contributed by atoms with E-state index in [0.29, 0.717) is 5.11 Å². The van der Waals surface area contributed by atoms with Gasteiger partial charge in [0.2, 0.25) is 0 Å². The second-order valence-corrected chi connectivity index (χ2v) is 8.73. The van der Waals surface area contributed by atoms with Gasteiger partial charge >= 0.3 is 0 Å². The maximum Gasteiger partial charge on any atom is 0.174 e. The van der Waals surface area contributed by atoms with E-state index in [9.17, 15) is 0 Å². The Kier molecular flexibility index (Phi) is 5.23. The lowest BCUT2D eigenvalue weighted by Crippen LogP contribution is -2.30. The van der Waals surface area contributed by atoms with Gasteiger partial charge < -0.3 is 14.8 Å². The van der Waals surface area contributed by atoms with Crippen LogP contribution in [-0.2, 0) is 0 Å². The maximum absolute atomic E-state index is 5.88. The lowest BCUT2D eigenvalue weighted by atomic mass is 10.00. The van der Waals surface area contributed by atoms with Crippen LogP contribution in [0.5, 0.6) is 0 Å². The first-order chi connectivity index (χ1) is 15.5. The van der Waals surface area contributed by atoms with Crippen molar-refractivity contribution in [2.75, 3.05) is 4.90 Å². The molecule has 32 heavy (non-hydrogen) atoms. The molecule has 3 aromatic heterocycles. The summed E-state index contributed by atoms with van der Waals surface area (Å²) in [5.41, 5.74) is 6.68. The van der Waals surface area contributed by atoms with E-state index in [1.807, 2.05) is 31.5 Å². The standard InChI is InChI=1S/C26H25N5S/c1-17-9-10-23(28-16-17)30-12-6-8-22(30)25-24(21-7-4-5-11-27-21)29-26(32)31(25)20-14-18(2)13-19(3)15-20/h4-16,24-25H,1-3H3,(H,29,32)/t24-,25-/m0/s1. The summed E-state index contributed by atoms with van der Waals surface area (Å²) in [6.07, 6.45) is 5.79. The van der Waals surface area contributed by atoms with Crippen molar-refractivity contribution in [1.82, 2.24) is 19.9 Å². The van der Waals surface area contributed by atoms with Crippen molar-refractivity contribution in [3.63, 3.8) is 0 Å². The number of nitrogens with one attached hydrogen (secondary N) is 1. The van der Waals surface area contributed by atoms with Crippen molar-refractivity contribution in [3.05, 3.63) is 107 Å². The minimum atomic E-state index is -0.0939. The summed E-state index contributed by atoms with van der Waals surface area (Å²) in [7, 11) is 0. The van der Waals surface area contributed by atoms with Crippen molar-refractivity contribution in [2.24, 2.45) is 0 Å². The zero-order valence-corrected chi connectivity index (χ0v) is 19.2. The molecule has 2 atom stereocenters. The molecule has 0 bridgehead atoms. The fourth-order valence-corrected chi connectivity index (χ4v) is 4.82. The smallest absolute Gasteiger partial charge is 0.174 e. The first-order valence-electron chi connectivity index (χ1n) is 10.7. The normalized spacial score (nSPS) is 18.1. The van der Waals surface area contributed by atoms with Crippen LogP contribution in [0.2, 0.25) is 0 Å². The summed E-state index contributed by atoms with van der Waals surface area (Å²) < 4.78 is 2.14. The predicted octanol–water partition coefficient (Wildman–Crippen LogP) is 5.37. The summed E-state index contributed by atoms with van der Waals surface area (Å²) >= 11 is 5.88. The number of thiocarbonyl (C=S) groups is 1. The van der Waals surface area contributed by atoms with Gasteiger partial charge in [0, 0.05) is 30.0 Å². The number of aromatic nitrogens is 3. The Morgan fingerprint density at radius 2 is 1.69 bits per heavy atom. The molecule has 0 radical (unpaired) electrons. The van der Waals surface area contributed by atoms with Crippen molar-refractivity contribution in [3.8, 4) is 5.82 Å². The quantitative estimate of drug-likeness (QED) is 0.433. The van der Waals surface area contributed by atoms with Crippen LogP contribution in [0.3, 0.4) is 0 Å². The summed E-state index contributed by atoms with van der Waals surface area (Å²) in [6, 6.07) is 20.7. The van der Waals surface area contributed by atoms with E-state index >= 15 is 0 Å². The van der Waals surface area contributed by atoms with Crippen LogP contribution < -0.4 is 10.2 Å². The zero-order valence-electron chi connectivity index (χ0n) is 18.4. The first-order valence-corrected chi connectivity index (χ1v) is 11.1. The summed E-state index contributed by atoms with van der Waals surface area (Å²) in [5.74, 6) is 0.883. The molecule has 1 aromatic carbocycles. The molecular weight excluding hydrogens is 414 g/mol. The van der Waals surface area contributed by atoms with Gasteiger partial charge in [-0.1, -0.05) is 18.2 Å². The van der Waals surface area contributed by atoms with E-state index in [1.165, 1.54) is 11.1 Å². The van der Waals surface area contributed by atoms with Crippen LogP contribution in [0, 0.1) is 20.8 Å². The Hall–Kier alpha value is -3.51. The van der Waals surface area contributed by atoms with Crippen LogP contribution in [0.1, 0.15) is 40.2 Å². The van der Waals surface area contributed by atoms with E-state index in [0.717, 1.165) is 28.5 Å². The number of pyridine rings is 2. The van der Waals surface area contributed by atoms with Crippen molar-refractivity contribution in [2.45, 2.75) is 32.9 Å². The highest BCUT2D eigenvalue weighted by molar-refractivity contribution is 7.80. The molecule has 1 fully saturated rings. The monoisotopic (exact) mass is 439 g/mol. The molecule has 0 spiro atoms. The maximum atomic E-state index is 5.88. The summed E-state index contributed by atoms with van der Waals surface area (Å²) in [5, 5.41) is 4.24. The average molecular weight is 440 g/mol. The van der Waals surface area contributed by atoms with Crippen molar-refractivity contribution >= 4 is 23.0 Å². The summed E-state index contributed by atoms with van der Waals surface area (Å²) in [4.78, 5) is 11.5. The van der Waals surface area contributed by atoms with Crippen LogP contribution >= 0.6 is 12.2 Å². The van der Waals surface area contributed by atoms with Gasteiger partial charge in [-0.25, -0.2) is 4.98 Å². The third kappa shape index (κ3) is 3.67. The fraction of sp³-hybridized carbons (Fsp3) is 0.192. The van der Waals surface area contributed by atoms with Gasteiger partial charge in [0.05, 0.1) is 11.7 Å². The molecule has 160 valence electrons. The molecule has 4 heterocycles. The molecule has 1 aliphatic heterocycles. The van der Waals surface area contributed by atoms with Crippen molar-refractivity contribution in [1.29, 1.82) is 0 Å². The second kappa shape index (κ2) is 8.20. The van der Waals surface area contributed by atoms with Crippen LogP contribution in [0.25, 0.3) is 5.82 Å². The Labute approximate surface area is 193 Å². The highest BCUT2D eigenvalue weighted by Crippen LogP contribution is 2.42. The van der Waals surface area contributed by atoms with Gasteiger partial charge in [-0.2, -0.15) is 0 Å². The molecule has 6 heteroatoms. The minimum Gasteiger partial charge on any atom is -0.351 e. The molecule has 0 amide bonds. The molecular formula is C26H25N5S. The van der Waals surface area contributed by atoms with E-state index < -0.39 is 0 Å². The van der Waals surface area contributed by atoms with Crippen molar-refractivity contribution < 1.29 is 0 Å². The number of rotatable bonds is 4. The Balaban J connectivity index is 1.68. The second-order valence-electron chi connectivity index (χ2n) is 8.34. The Morgan fingerprint density at radius 3 is 2.38 bits per heavy atom. The van der Waals surface area contributed by atoms with Gasteiger partial charge in [0.15, 0.2) is 5.11 Å². The molecule has 5 rings (SSSR count). The zero-order chi connectivity index (χ0) is 22.2. The molecule has 4 aromatic rings. The molecule has 5 nitrogen and oxygen atoms in total. The van der Waals surface area contributed by atoms with Gasteiger partial charge in [-0.05, 0) is 92.1 Å². The highest BCUT2D eigenvalue weighted by atomic mass is 32.1. The van der Waals surface area contributed by atoms with Gasteiger partial charge in [-0.3, -0.25) is 4.98 Å². The number of anilines is 1. The molecule has 0 aliphatic carbocycles. The Bertz CT molecular complexity index is 1240. The third-order valence-corrected chi connectivity index (χ3v) is 6.12. The van der Waals surface area contributed by atoms with E-state index in [-0.39, 0.29) is 12.1 Å². The number of nitrogens with zero attached hydrogens (tertiary/aromatic N) is 4.